The molecule has 0 aliphatic carbocycles. The van der Waals surface area contributed by atoms with Crippen molar-refractivity contribution in [2.24, 2.45) is 5.73 Å². The Hall–Kier alpha value is -1.59. The number of nitrogens with two attached hydrogens (primary N) is 1. The van der Waals surface area contributed by atoms with Crippen LogP contribution in [-0.4, -0.2) is 46.3 Å². The Morgan fingerprint density at radius 3 is 2.67 bits per heavy atom. The molecule has 0 bridgehead atoms. The summed E-state index contributed by atoms with van der Waals surface area (Å²) in [6.45, 7) is 0.672. The molecule has 1 unspecified atom stereocenters. The zero-order chi connectivity index (χ0) is 15.2. The van der Waals surface area contributed by atoms with Crippen LogP contribution in [0.2, 0.25) is 0 Å². The van der Waals surface area contributed by atoms with Gasteiger partial charge in [-0.3, -0.25) is 4.79 Å². The molecule has 2 rings (SSSR count). The third-order valence-corrected chi connectivity index (χ3v) is 4.08. The lowest BCUT2D eigenvalue weighted by molar-refractivity contribution is -0.135. The summed E-state index contributed by atoms with van der Waals surface area (Å²) in [5, 5.41) is 18.7. The molecule has 0 radical (unpaired) electrons. The van der Waals surface area contributed by atoms with E-state index in [0.29, 0.717) is 13.0 Å². The van der Waals surface area contributed by atoms with Crippen LogP contribution in [0.25, 0.3) is 0 Å². The minimum atomic E-state index is -0.610. The second-order valence-electron chi connectivity index (χ2n) is 5.69. The van der Waals surface area contributed by atoms with Crippen LogP contribution in [0.5, 0.6) is 5.75 Å². The second kappa shape index (κ2) is 7.43. The number of aromatic hydroxyl groups is 1. The van der Waals surface area contributed by atoms with Crippen molar-refractivity contribution in [3.63, 3.8) is 0 Å². The third-order valence-electron chi connectivity index (χ3n) is 4.08. The summed E-state index contributed by atoms with van der Waals surface area (Å²) in [4.78, 5) is 14.3. The van der Waals surface area contributed by atoms with Gasteiger partial charge in [0.15, 0.2) is 0 Å². The molecule has 1 amide bonds. The number of hydrogen-bond acceptors (Lipinski definition) is 4. The predicted molar refractivity (Wildman–Crippen MR) is 80.8 cm³/mol. The summed E-state index contributed by atoms with van der Waals surface area (Å²) in [5.74, 6) is 0.107. The summed E-state index contributed by atoms with van der Waals surface area (Å²) in [5.41, 5.74) is 6.97. The minimum Gasteiger partial charge on any atom is -0.508 e. The molecule has 0 aromatic heterocycles. The van der Waals surface area contributed by atoms with Crippen molar-refractivity contribution >= 4 is 5.91 Å². The number of benzene rings is 1. The fourth-order valence-corrected chi connectivity index (χ4v) is 2.84. The van der Waals surface area contributed by atoms with E-state index in [0.717, 1.165) is 31.2 Å². The number of nitrogens with zero attached hydrogens (tertiary/aromatic N) is 1. The Labute approximate surface area is 125 Å². The van der Waals surface area contributed by atoms with E-state index in [1.165, 1.54) is 0 Å². The van der Waals surface area contributed by atoms with E-state index >= 15 is 0 Å². The molecule has 1 fully saturated rings. The number of rotatable bonds is 4. The number of phenolic OH excluding ortho intramolecular Hbond substituents is 1. The van der Waals surface area contributed by atoms with Gasteiger partial charge in [0.05, 0.1) is 18.7 Å². The van der Waals surface area contributed by atoms with Gasteiger partial charge in [-0.2, -0.15) is 0 Å². The minimum absolute atomic E-state index is 0.00231. The highest BCUT2D eigenvalue weighted by Crippen LogP contribution is 2.18. The maximum absolute atomic E-state index is 12.5. The maximum Gasteiger partial charge on any atom is 0.240 e. The molecular weight excluding hydrogens is 268 g/mol. The van der Waals surface area contributed by atoms with Crippen LogP contribution >= 0.6 is 0 Å². The van der Waals surface area contributed by atoms with Gasteiger partial charge in [0.1, 0.15) is 5.75 Å². The number of aliphatic hydroxyl groups is 1. The molecule has 1 heterocycles. The maximum atomic E-state index is 12.5. The van der Waals surface area contributed by atoms with Gasteiger partial charge in [-0.05, 0) is 37.0 Å². The molecule has 1 aliphatic rings. The first-order valence-electron chi connectivity index (χ1n) is 7.56. The van der Waals surface area contributed by atoms with Gasteiger partial charge in [0.25, 0.3) is 0 Å². The Kier molecular flexibility index (Phi) is 5.59. The Bertz CT molecular complexity index is 461. The smallest absolute Gasteiger partial charge is 0.240 e. The third kappa shape index (κ3) is 4.19. The molecule has 5 heteroatoms. The zero-order valence-corrected chi connectivity index (χ0v) is 12.2. The summed E-state index contributed by atoms with van der Waals surface area (Å²) in [6.07, 6.45) is 4.38. The van der Waals surface area contributed by atoms with Crippen LogP contribution in [-0.2, 0) is 11.2 Å². The Morgan fingerprint density at radius 2 is 2.00 bits per heavy atom. The van der Waals surface area contributed by atoms with E-state index < -0.39 is 6.04 Å². The summed E-state index contributed by atoms with van der Waals surface area (Å²) >= 11 is 0. The van der Waals surface area contributed by atoms with Gasteiger partial charge >= 0.3 is 0 Å². The topological polar surface area (TPSA) is 86.8 Å². The first kappa shape index (κ1) is 15.8. The van der Waals surface area contributed by atoms with Gasteiger partial charge in [0, 0.05) is 6.54 Å². The van der Waals surface area contributed by atoms with Crippen LogP contribution in [0, 0.1) is 0 Å². The lowest BCUT2D eigenvalue weighted by Crippen LogP contribution is -2.50. The van der Waals surface area contributed by atoms with Gasteiger partial charge in [0.2, 0.25) is 5.91 Å². The zero-order valence-electron chi connectivity index (χ0n) is 12.2. The van der Waals surface area contributed by atoms with Crippen molar-refractivity contribution in [1.29, 1.82) is 0 Å². The number of carbonyl (C=O) groups excluding carboxylic acids is 1. The van der Waals surface area contributed by atoms with Gasteiger partial charge < -0.3 is 20.8 Å². The van der Waals surface area contributed by atoms with Crippen molar-refractivity contribution in [2.45, 2.75) is 44.2 Å². The van der Waals surface area contributed by atoms with E-state index in [2.05, 4.69) is 0 Å². The molecule has 1 aromatic rings. The number of aliphatic hydroxyl groups excluding tert-OH is 1. The van der Waals surface area contributed by atoms with Crippen molar-refractivity contribution in [3.8, 4) is 5.75 Å². The highest BCUT2D eigenvalue weighted by Gasteiger charge is 2.28. The van der Waals surface area contributed by atoms with E-state index in [1.807, 2.05) is 0 Å². The van der Waals surface area contributed by atoms with E-state index in [-0.39, 0.29) is 24.3 Å². The molecule has 1 aliphatic heterocycles. The average molecular weight is 292 g/mol. The largest absolute Gasteiger partial charge is 0.508 e. The van der Waals surface area contributed by atoms with Gasteiger partial charge in [-0.25, -0.2) is 0 Å². The first-order chi connectivity index (χ1) is 10.1. The van der Waals surface area contributed by atoms with Gasteiger partial charge in [-0.1, -0.05) is 25.0 Å². The molecule has 1 saturated heterocycles. The lowest BCUT2D eigenvalue weighted by Gasteiger charge is -2.31. The quantitative estimate of drug-likeness (QED) is 0.773. The number of likely N-dealkylation sites (tertiary alicyclic amines) is 1. The number of carbonyl (C=O) groups is 1. The summed E-state index contributed by atoms with van der Waals surface area (Å²) < 4.78 is 0. The van der Waals surface area contributed by atoms with Crippen molar-refractivity contribution < 1.29 is 15.0 Å². The van der Waals surface area contributed by atoms with Crippen molar-refractivity contribution in [3.05, 3.63) is 29.8 Å². The van der Waals surface area contributed by atoms with E-state index in [1.54, 1.807) is 29.2 Å². The summed E-state index contributed by atoms with van der Waals surface area (Å²) in [6, 6.07) is 6.01. The van der Waals surface area contributed by atoms with Crippen LogP contribution in [0.4, 0.5) is 0 Å². The second-order valence-corrected chi connectivity index (χ2v) is 5.69. The normalized spacial score (nSPS) is 20.9. The molecule has 0 saturated carbocycles. The van der Waals surface area contributed by atoms with E-state index in [9.17, 15) is 15.0 Å². The molecular formula is C16H24N2O3. The Balaban J connectivity index is 2.01. The molecule has 5 nitrogen and oxygen atoms in total. The highest BCUT2D eigenvalue weighted by atomic mass is 16.3. The van der Waals surface area contributed by atoms with Crippen LogP contribution < -0.4 is 5.73 Å². The first-order valence-corrected chi connectivity index (χ1v) is 7.56. The molecule has 1 aromatic carbocycles. The monoisotopic (exact) mass is 292 g/mol. The SMILES string of the molecule is N[C@H](Cc1ccc(O)cc1)C(=O)N1CCCCCC1CO. The van der Waals surface area contributed by atoms with Crippen molar-refractivity contribution in [2.75, 3.05) is 13.2 Å². The fraction of sp³-hybridized carbons (Fsp3) is 0.562. The molecule has 4 N–H and O–H groups in total. The van der Waals surface area contributed by atoms with Crippen LogP contribution in [0.1, 0.15) is 31.2 Å². The predicted octanol–water partition coefficient (Wildman–Crippen LogP) is 1.03. The van der Waals surface area contributed by atoms with Crippen LogP contribution in [0.15, 0.2) is 24.3 Å². The van der Waals surface area contributed by atoms with E-state index in [4.69, 9.17) is 5.73 Å². The average Bonchev–Trinajstić information content (AvgIpc) is 2.73. The molecule has 116 valence electrons. The Morgan fingerprint density at radius 1 is 1.29 bits per heavy atom. The highest BCUT2D eigenvalue weighted by molar-refractivity contribution is 5.82. The van der Waals surface area contributed by atoms with Crippen LogP contribution in [0.3, 0.4) is 0 Å². The number of amides is 1. The molecule has 21 heavy (non-hydrogen) atoms. The molecule has 0 spiro atoms. The number of phenols is 1. The lowest BCUT2D eigenvalue weighted by atomic mass is 10.0. The van der Waals surface area contributed by atoms with Gasteiger partial charge in [-0.15, -0.1) is 0 Å². The summed E-state index contributed by atoms with van der Waals surface area (Å²) in [7, 11) is 0. The number of hydrogen-bond donors (Lipinski definition) is 3. The van der Waals surface area contributed by atoms with Crippen molar-refractivity contribution in [1.82, 2.24) is 4.90 Å². The fourth-order valence-electron chi connectivity index (χ4n) is 2.84. The molecule has 2 atom stereocenters. The standard InChI is InChI=1S/C16H24N2O3/c17-15(10-12-5-7-14(20)8-6-12)16(21)18-9-3-1-2-4-13(18)11-19/h5-8,13,15,19-20H,1-4,9-11,17H2/t13?,15-/m1/s1.